The summed E-state index contributed by atoms with van der Waals surface area (Å²) in [4.78, 5) is 10.8. The van der Waals surface area contributed by atoms with E-state index in [0.717, 1.165) is 21.9 Å². The first-order valence-corrected chi connectivity index (χ1v) is 6.22. The Balaban J connectivity index is 2.84. The van der Waals surface area contributed by atoms with E-state index in [-0.39, 0.29) is 5.78 Å². The molecule has 0 unspecified atom stereocenters. The number of carbonyl (C=O) groups is 1. The lowest BCUT2D eigenvalue weighted by Gasteiger charge is -2.14. The van der Waals surface area contributed by atoms with Gasteiger partial charge in [0, 0.05) is 11.4 Å². The van der Waals surface area contributed by atoms with E-state index in [0.29, 0.717) is 18.9 Å². The molecule has 0 bridgehead atoms. The summed E-state index contributed by atoms with van der Waals surface area (Å²) in [5, 5.41) is 0.774. The SMILES string of the molecule is CC(=O)CCOc1cc(C(C)C)c(Cl)cc1C. The minimum atomic E-state index is 0.140. The van der Waals surface area contributed by atoms with Gasteiger partial charge in [-0.1, -0.05) is 25.4 Å². The van der Waals surface area contributed by atoms with Gasteiger partial charge >= 0.3 is 0 Å². The topological polar surface area (TPSA) is 26.3 Å². The number of Topliss-reactive ketones (excluding diaryl/α,β-unsaturated/α-hetero) is 1. The summed E-state index contributed by atoms with van der Waals surface area (Å²) in [6, 6.07) is 3.89. The first-order chi connectivity index (χ1) is 7.91. The van der Waals surface area contributed by atoms with E-state index < -0.39 is 0 Å². The average Bonchev–Trinajstić information content (AvgIpc) is 2.20. The van der Waals surface area contributed by atoms with Crippen molar-refractivity contribution in [1.29, 1.82) is 0 Å². The van der Waals surface area contributed by atoms with Gasteiger partial charge in [0.1, 0.15) is 11.5 Å². The van der Waals surface area contributed by atoms with Gasteiger partial charge in [-0.05, 0) is 43.0 Å². The van der Waals surface area contributed by atoms with Gasteiger partial charge in [0.05, 0.1) is 6.61 Å². The molecule has 1 rings (SSSR count). The number of aryl methyl sites for hydroxylation is 1. The van der Waals surface area contributed by atoms with Gasteiger partial charge in [-0.15, -0.1) is 0 Å². The quantitative estimate of drug-likeness (QED) is 0.790. The molecule has 0 fully saturated rings. The molecule has 1 aromatic rings. The number of rotatable bonds is 5. The number of carbonyl (C=O) groups excluding carboxylic acids is 1. The maximum absolute atomic E-state index is 10.8. The molecule has 0 spiro atoms. The maximum atomic E-state index is 10.8. The van der Waals surface area contributed by atoms with E-state index in [2.05, 4.69) is 13.8 Å². The fourth-order valence-electron chi connectivity index (χ4n) is 1.57. The van der Waals surface area contributed by atoms with Gasteiger partial charge in [0.2, 0.25) is 0 Å². The van der Waals surface area contributed by atoms with Gasteiger partial charge in [-0.3, -0.25) is 4.79 Å². The van der Waals surface area contributed by atoms with Crippen LogP contribution in [0.3, 0.4) is 0 Å². The number of ketones is 1. The highest BCUT2D eigenvalue weighted by molar-refractivity contribution is 6.31. The molecule has 94 valence electrons. The Labute approximate surface area is 108 Å². The number of ether oxygens (including phenoxy) is 1. The van der Waals surface area contributed by atoms with Crippen molar-refractivity contribution in [3.05, 3.63) is 28.3 Å². The molecule has 0 aromatic heterocycles. The second kappa shape index (κ2) is 6.06. The molecule has 2 nitrogen and oxygen atoms in total. The predicted octanol–water partition coefficient (Wildman–Crippen LogP) is 4.13. The molecule has 0 radical (unpaired) electrons. The zero-order valence-electron chi connectivity index (χ0n) is 10.8. The van der Waals surface area contributed by atoms with Gasteiger partial charge in [-0.25, -0.2) is 0 Å². The van der Waals surface area contributed by atoms with Crippen molar-refractivity contribution in [2.45, 2.75) is 40.0 Å². The zero-order valence-corrected chi connectivity index (χ0v) is 11.6. The minimum absolute atomic E-state index is 0.140. The van der Waals surface area contributed by atoms with Crippen LogP contribution in [0.2, 0.25) is 5.02 Å². The van der Waals surface area contributed by atoms with E-state index in [1.165, 1.54) is 0 Å². The number of hydrogen-bond acceptors (Lipinski definition) is 2. The van der Waals surface area contributed by atoms with Crippen LogP contribution in [0.25, 0.3) is 0 Å². The average molecular weight is 255 g/mol. The Kier molecular flexibility index (Phi) is 5.01. The van der Waals surface area contributed by atoms with Crippen molar-refractivity contribution < 1.29 is 9.53 Å². The summed E-state index contributed by atoms with van der Waals surface area (Å²) in [6.45, 7) is 8.14. The first-order valence-electron chi connectivity index (χ1n) is 5.84. The van der Waals surface area contributed by atoms with Crippen molar-refractivity contribution >= 4 is 17.4 Å². The lowest BCUT2D eigenvalue weighted by Crippen LogP contribution is -2.04. The third-order valence-corrected chi connectivity index (χ3v) is 2.96. The number of benzene rings is 1. The molecule has 0 aliphatic rings. The zero-order chi connectivity index (χ0) is 13.0. The highest BCUT2D eigenvalue weighted by atomic mass is 35.5. The van der Waals surface area contributed by atoms with Gasteiger partial charge < -0.3 is 4.74 Å². The van der Waals surface area contributed by atoms with Crippen molar-refractivity contribution in [1.82, 2.24) is 0 Å². The standard InChI is InChI=1S/C14H19ClO2/c1-9(2)12-8-14(10(3)7-13(12)15)17-6-5-11(4)16/h7-9H,5-6H2,1-4H3. The first kappa shape index (κ1) is 14.0. The van der Waals surface area contributed by atoms with Crippen LogP contribution >= 0.6 is 11.6 Å². The van der Waals surface area contributed by atoms with Gasteiger partial charge in [0.25, 0.3) is 0 Å². The van der Waals surface area contributed by atoms with Crippen LogP contribution in [0.1, 0.15) is 44.2 Å². The molecule has 3 heteroatoms. The van der Waals surface area contributed by atoms with Crippen LogP contribution in [-0.2, 0) is 4.79 Å². The molecule has 0 heterocycles. The second-order valence-electron chi connectivity index (χ2n) is 4.59. The molecular formula is C14H19ClO2. The van der Waals surface area contributed by atoms with E-state index in [4.69, 9.17) is 16.3 Å². The van der Waals surface area contributed by atoms with E-state index in [9.17, 15) is 4.79 Å². The lowest BCUT2D eigenvalue weighted by atomic mass is 10.0. The molecule has 0 N–H and O–H groups in total. The van der Waals surface area contributed by atoms with E-state index in [1.807, 2.05) is 19.1 Å². The number of halogens is 1. The van der Waals surface area contributed by atoms with Crippen LogP contribution in [0.5, 0.6) is 5.75 Å². The fourth-order valence-corrected chi connectivity index (χ4v) is 2.01. The van der Waals surface area contributed by atoms with E-state index >= 15 is 0 Å². The smallest absolute Gasteiger partial charge is 0.133 e. The van der Waals surface area contributed by atoms with Gasteiger partial charge in [-0.2, -0.15) is 0 Å². The Morgan fingerprint density at radius 2 is 2.06 bits per heavy atom. The molecule has 1 aromatic carbocycles. The summed E-state index contributed by atoms with van der Waals surface area (Å²) >= 11 is 6.17. The molecule has 0 saturated heterocycles. The summed E-state index contributed by atoms with van der Waals surface area (Å²) in [6.07, 6.45) is 0.444. The molecule has 17 heavy (non-hydrogen) atoms. The molecule has 0 atom stereocenters. The van der Waals surface area contributed by atoms with Crippen LogP contribution in [-0.4, -0.2) is 12.4 Å². The minimum Gasteiger partial charge on any atom is -0.493 e. The third-order valence-electron chi connectivity index (χ3n) is 2.63. The van der Waals surface area contributed by atoms with Crippen molar-refractivity contribution in [3.8, 4) is 5.75 Å². The normalized spacial score (nSPS) is 10.7. The Hall–Kier alpha value is -1.02. The molecule has 0 amide bonds. The summed E-state index contributed by atoms with van der Waals surface area (Å²) < 4.78 is 5.61. The number of hydrogen-bond donors (Lipinski definition) is 0. The van der Waals surface area contributed by atoms with Crippen molar-refractivity contribution in [2.24, 2.45) is 0 Å². The highest BCUT2D eigenvalue weighted by Gasteiger charge is 2.10. The molecular weight excluding hydrogens is 236 g/mol. The monoisotopic (exact) mass is 254 g/mol. The van der Waals surface area contributed by atoms with Crippen molar-refractivity contribution in [2.75, 3.05) is 6.61 Å². The third kappa shape index (κ3) is 4.04. The van der Waals surface area contributed by atoms with Gasteiger partial charge in [0.15, 0.2) is 0 Å². The fraction of sp³-hybridized carbons (Fsp3) is 0.500. The largest absolute Gasteiger partial charge is 0.493 e. The Morgan fingerprint density at radius 1 is 1.41 bits per heavy atom. The predicted molar refractivity (Wildman–Crippen MR) is 71.1 cm³/mol. The van der Waals surface area contributed by atoms with Crippen molar-refractivity contribution in [3.63, 3.8) is 0 Å². The van der Waals surface area contributed by atoms with Crippen LogP contribution < -0.4 is 4.74 Å². The molecule has 0 aliphatic carbocycles. The highest BCUT2D eigenvalue weighted by Crippen LogP contribution is 2.31. The summed E-state index contributed by atoms with van der Waals surface area (Å²) in [5.74, 6) is 1.32. The second-order valence-corrected chi connectivity index (χ2v) is 5.00. The van der Waals surface area contributed by atoms with Crippen LogP contribution in [0.15, 0.2) is 12.1 Å². The summed E-state index contributed by atoms with van der Waals surface area (Å²) in [7, 11) is 0. The lowest BCUT2D eigenvalue weighted by molar-refractivity contribution is -0.117. The van der Waals surface area contributed by atoms with Crippen LogP contribution in [0.4, 0.5) is 0 Å². The Morgan fingerprint density at radius 3 is 2.59 bits per heavy atom. The summed E-state index contributed by atoms with van der Waals surface area (Å²) in [5.41, 5.74) is 2.08. The molecule has 0 aliphatic heterocycles. The Bertz CT molecular complexity index is 411. The maximum Gasteiger partial charge on any atom is 0.133 e. The van der Waals surface area contributed by atoms with Crippen LogP contribution in [0, 0.1) is 6.92 Å². The van der Waals surface area contributed by atoms with E-state index in [1.54, 1.807) is 6.92 Å². The molecule has 0 saturated carbocycles.